The number of hydrogen-bond donors (Lipinski definition) is 4. The number of ether oxygens (including phenoxy) is 1. The normalized spacial score (nSPS) is 10.7. The van der Waals surface area contributed by atoms with Crippen LogP contribution in [0.2, 0.25) is 0 Å². The summed E-state index contributed by atoms with van der Waals surface area (Å²) in [5.74, 6) is 0.932. The number of anilines is 1. The van der Waals surface area contributed by atoms with Gasteiger partial charge in [0.2, 0.25) is 5.91 Å². The zero-order chi connectivity index (χ0) is 20.8. The minimum absolute atomic E-state index is 0.0810. The van der Waals surface area contributed by atoms with Crippen LogP contribution in [0.25, 0.3) is 22.3 Å². The molecule has 0 aliphatic carbocycles. The maximum absolute atomic E-state index is 11.0. The number of nitrogens with one attached hydrogen (secondary N) is 3. The third-order valence-corrected chi connectivity index (χ3v) is 4.62. The van der Waals surface area contributed by atoms with Crippen LogP contribution in [-0.2, 0) is 11.3 Å². The summed E-state index contributed by atoms with van der Waals surface area (Å²) in [5, 5.41) is 12.8. The molecular weight excluding hydrogens is 382 g/mol. The Labute approximate surface area is 172 Å². The molecule has 0 aliphatic rings. The van der Waals surface area contributed by atoms with Crippen LogP contribution in [0.4, 0.5) is 5.82 Å². The van der Waals surface area contributed by atoms with E-state index in [1.165, 1.54) is 11.9 Å². The molecule has 8 nitrogen and oxygen atoms in total. The molecular formula is C22H21N5O3. The minimum Gasteiger partial charge on any atom is -0.493 e. The fourth-order valence-electron chi connectivity index (χ4n) is 3.07. The third kappa shape index (κ3) is 4.56. The molecule has 0 bridgehead atoms. The second-order valence-electron chi connectivity index (χ2n) is 6.66. The molecule has 0 fully saturated rings. The smallest absolute Gasteiger partial charge is 0.246 e. The Bertz CT molecular complexity index is 1130. The predicted octanol–water partition coefficient (Wildman–Crippen LogP) is 3.51. The first-order valence-corrected chi connectivity index (χ1v) is 9.50. The van der Waals surface area contributed by atoms with E-state index < -0.39 is 5.91 Å². The summed E-state index contributed by atoms with van der Waals surface area (Å²) >= 11 is 0. The van der Waals surface area contributed by atoms with E-state index in [0.717, 1.165) is 28.1 Å². The monoisotopic (exact) mass is 403 g/mol. The number of hydroxylamine groups is 1. The van der Waals surface area contributed by atoms with E-state index >= 15 is 0 Å². The molecule has 0 radical (unpaired) electrons. The maximum Gasteiger partial charge on any atom is 0.246 e. The van der Waals surface area contributed by atoms with Crippen LogP contribution < -0.4 is 15.5 Å². The topological polar surface area (TPSA) is 112 Å². The minimum atomic E-state index is -0.484. The lowest BCUT2D eigenvalue weighted by molar-refractivity contribution is -0.129. The Hall–Kier alpha value is -3.91. The second-order valence-corrected chi connectivity index (χ2v) is 6.66. The molecule has 0 atom stereocenters. The molecule has 4 rings (SSSR count). The van der Waals surface area contributed by atoms with Crippen molar-refractivity contribution in [2.45, 2.75) is 13.0 Å². The molecule has 8 heteroatoms. The number of fused-ring (bicyclic) bond motifs is 1. The van der Waals surface area contributed by atoms with Gasteiger partial charge in [0.15, 0.2) is 0 Å². The molecule has 152 valence electrons. The molecule has 0 spiro atoms. The summed E-state index contributed by atoms with van der Waals surface area (Å²) in [6.07, 6.45) is 1.62. The first-order chi connectivity index (χ1) is 14.7. The van der Waals surface area contributed by atoms with E-state index in [-0.39, 0.29) is 13.0 Å². The van der Waals surface area contributed by atoms with Gasteiger partial charge in [-0.1, -0.05) is 30.3 Å². The van der Waals surface area contributed by atoms with Crippen molar-refractivity contribution in [1.82, 2.24) is 20.4 Å². The zero-order valence-corrected chi connectivity index (χ0v) is 16.1. The SMILES string of the molecule is O=C(CCOc1ccc(-c2cc3c(NCc4ccccc4)ncnc3[nH]2)cc1)NO. The number of aromatic nitrogens is 3. The number of hydrogen-bond acceptors (Lipinski definition) is 6. The van der Waals surface area contributed by atoms with Gasteiger partial charge in [-0.3, -0.25) is 10.0 Å². The van der Waals surface area contributed by atoms with Crippen molar-refractivity contribution >= 4 is 22.8 Å². The van der Waals surface area contributed by atoms with Gasteiger partial charge in [0.1, 0.15) is 23.5 Å². The first-order valence-electron chi connectivity index (χ1n) is 9.50. The quantitative estimate of drug-likeness (QED) is 0.265. The number of benzene rings is 2. The van der Waals surface area contributed by atoms with Crippen LogP contribution in [-0.4, -0.2) is 32.7 Å². The molecule has 0 unspecified atom stereocenters. The number of H-pyrrole nitrogens is 1. The van der Waals surface area contributed by atoms with E-state index in [1.807, 2.05) is 48.5 Å². The number of carbonyl (C=O) groups is 1. The molecule has 0 saturated carbocycles. The summed E-state index contributed by atoms with van der Waals surface area (Å²) in [4.78, 5) is 23.1. The van der Waals surface area contributed by atoms with E-state index in [2.05, 4.69) is 32.4 Å². The Balaban J connectivity index is 1.47. The number of rotatable bonds is 8. The molecule has 4 N–H and O–H groups in total. The summed E-state index contributed by atoms with van der Waals surface area (Å²) in [6.45, 7) is 0.859. The van der Waals surface area contributed by atoms with Gasteiger partial charge in [-0.2, -0.15) is 0 Å². The molecule has 2 aromatic carbocycles. The van der Waals surface area contributed by atoms with E-state index in [0.29, 0.717) is 12.3 Å². The zero-order valence-electron chi connectivity index (χ0n) is 16.1. The highest BCUT2D eigenvalue weighted by Gasteiger charge is 2.10. The van der Waals surface area contributed by atoms with Gasteiger partial charge in [-0.25, -0.2) is 15.4 Å². The van der Waals surface area contributed by atoms with Gasteiger partial charge in [0, 0.05) is 12.2 Å². The average molecular weight is 403 g/mol. The summed E-state index contributed by atoms with van der Waals surface area (Å²) in [6, 6.07) is 19.7. The Kier molecular flexibility index (Phi) is 5.86. The Morgan fingerprint density at radius 1 is 1.07 bits per heavy atom. The highest BCUT2D eigenvalue weighted by molar-refractivity contribution is 5.91. The molecule has 0 saturated heterocycles. The van der Waals surface area contributed by atoms with Crippen molar-refractivity contribution in [2.24, 2.45) is 0 Å². The predicted molar refractivity (Wildman–Crippen MR) is 113 cm³/mol. The fourth-order valence-corrected chi connectivity index (χ4v) is 3.07. The lowest BCUT2D eigenvalue weighted by Gasteiger charge is -2.06. The molecule has 1 amide bonds. The molecule has 30 heavy (non-hydrogen) atoms. The molecule has 0 aliphatic heterocycles. The Morgan fingerprint density at radius 2 is 1.87 bits per heavy atom. The van der Waals surface area contributed by atoms with Crippen LogP contribution in [0.5, 0.6) is 5.75 Å². The molecule has 4 aromatic rings. The van der Waals surface area contributed by atoms with E-state index in [1.54, 1.807) is 5.48 Å². The van der Waals surface area contributed by atoms with Crippen LogP contribution in [0.3, 0.4) is 0 Å². The standard InChI is InChI=1S/C22H21N5O3/c28-20(27-29)10-11-30-17-8-6-16(7-9-17)19-12-18-21(24-14-25-22(18)26-19)23-13-15-4-2-1-3-5-15/h1-9,12,14,29H,10-11,13H2,(H,27,28)(H2,23,24,25,26). The summed E-state index contributed by atoms with van der Waals surface area (Å²) in [7, 11) is 0. The van der Waals surface area contributed by atoms with Gasteiger partial charge in [0.25, 0.3) is 0 Å². The van der Waals surface area contributed by atoms with Crippen molar-refractivity contribution in [3.05, 3.63) is 72.6 Å². The summed E-state index contributed by atoms with van der Waals surface area (Å²) < 4.78 is 5.51. The van der Waals surface area contributed by atoms with Crippen LogP contribution in [0, 0.1) is 0 Å². The van der Waals surface area contributed by atoms with Crippen molar-refractivity contribution in [2.75, 3.05) is 11.9 Å². The van der Waals surface area contributed by atoms with Gasteiger partial charge < -0.3 is 15.0 Å². The van der Waals surface area contributed by atoms with Crippen molar-refractivity contribution in [3.8, 4) is 17.0 Å². The van der Waals surface area contributed by atoms with Crippen LogP contribution in [0.15, 0.2) is 67.0 Å². The van der Waals surface area contributed by atoms with E-state index in [4.69, 9.17) is 9.94 Å². The molecule has 2 aromatic heterocycles. The highest BCUT2D eigenvalue weighted by Crippen LogP contribution is 2.28. The molecule has 2 heterocycles. The first kappa shape index (κ1) is 19.4. The van der Waals surface area contributed by atoms with Crippen molar-refractivity contribution in [1.29, 1.82) is 0 Å². The van der Waals surface area contributed by atoms with Gasteiger partial charge in [-0.05, 0) is 41.5 Å². The lowest BCUT2D eigenvalue weighted by atomic mass is 10.1. The van der Waals surface area contributed by atoms with Crippen molar-refractivity contribution < 1.29 is 14.7 Å². The highest BCUT2D eigenvalue weighted by atomic mass is 16.5. The van der Waals surface area contributed by atoms with E-state index in [9.17, 15) is 4.79 Å². The van der Waals surface area contributed by atoms with Gasteiger partial charge in [-0.15, -0.1) is 0 Å². The fraction of sp³-hybridized carbons (Fsp3) is 0.136. The number of amides is 1. The van der Waals surface area contributed by atoms with Crippen LogP contribution in [0.1, 0.15) is 12.0 Å². The lowest BCUT2D eigenvalue weighted by Crippen LogP contribution is -2.20. The largest absolute Gasteiger partial charge is 0.493 e. The average Bonchev–Trinajstić information content (AvgIpc) is 3.23. The Morgan fingerprint density at radius 3 is 2.63 bits per heavy atom. The second kappa shape index (κ2) is 9.06. The number of nitrogens with zero attached hydrogens (tertiary/aromatic N) is 2. The maximum atomic E-state index is 11.0. The number of carbonyl (C=O) groups excluding carboxylic acids is 1. The van der Waals surface area contributed by atoms with Gasteiger partial charge in [0.05, 0.1) is 18.4 Å². The van der Waals surface area contributed by atoms with Crippen molar-refractivity contribution in [3.63, 3.8) is 0 Å². The van der Waals surface area contributed by atoms with Crippen LogP contribution >= 0.6 is 0 Å². The third-order valence-electron chi connectivity index (χ3n) is 4.62. The number of aromatic amines is 1. The summed E-state index contributed by atoms with van der Waals surface area (Å²) in [5.41, 5.74) is 5.40. The van der Waals surface area contributed by atoms with Gasteiger partial charge >= 0.3 is 0 Å².